The maximum Gasteiger partial charge on any atom is 0.244 e. The highest BCUT2D eigenvalue weighted by Crippen LogP contribution is 2.33. The van der Waals surface area contributed by atoms with Gasteiger partial charge in [-0.2, -0.15) is 0 Å². The van der Waals surface area contributed by atoms with Crippen molar-refractivity contribution in [2.24, 2.45) is 5.73 Å². The maximum absolute atomic E-state index is 13.3. The molecule has 1 aliphatic rings. The number of halogens is 2. The van der Waals surface area contributed by atoms with Gasteiger partial charge in [0.2, 0.25) is 5.91 Å². The minimum absolute atomic E-state index is 0.0763. The lowest BCUT2D eigenvalue weighted by Crippen LogP contribution is -2.46. The molecule has 0 unspecified atom stereocenters. The summed E-state index contributed by atoms with van der Waals surface area (Å²) in [5.74, 6) is -0.906. The third-order valence-electron chi connectivity index (χ3n) is 4.20. The van der Waals surface area contributed by atoms with Crippen LogP contribution < -0.4 is 15.4 Å². The summed E-state index contributed by atoms with van der Waals surface area (Å²) in [6.07, 6.45) is 1.91. The van der Waals surface area contributed by atoms with Gasteiger partial charge in [0.15, 0.2) is 0 Å². The van der Waals surface area contributed by atoms with Crippen LogP contribution in [0, 0.1) is 11.6 Å². The van der Waals surface area contributed by atoms with Gasteiger partial charge in [0.1, 0.15) is 17.4 Å². The molecule has 0 radical (unpaired) electrons. The van der Waals surface area contributed by atoms with Crippen LogP contribution in [-0.4, -0.2) is 25.1 Å². The van der Waals surface area contributed by atoms with E-state index in [4.69, 9.17) is 10.5 Å². The Bertz CT molecular complexity index is 740. The number of amides is 1. The van der Waals surface area contributed by atoms with Crippen LogP contribution in [0.25, 0.3) is 0 Å². The van der Waals surface area contributed by atoms with Crippen molar-refractivity contribution in [2.45, 2.75) is 31.3 Å². The third-order valence-corrected chi connectivity index (χ3v) is 4.20. The summed E-state index contributed by atoms with van der Waals surface area (Å²) in [4.78, 5) is 14.5. The fourth-order valence-electron chi connectivity index (χ4n) is 2.84. The molecular formula is C19H20F2N2O2. The quantitative estimate of drug-likeness (QED) is 0.875. The molecule has 1 saturated carbocycles. The van der Waals surface area contributed by atoms with Gasteiger partial charge in [0.05, 0.1) is 13.2 Å². The second kappa shape index (κ2) is 7.19. The Balaban J connectivity index is 1.77. The highest BCUT2D eigenvalue weighted by molar-refractivity contribution is 5.98. The van der Waals surface area contributed by atoms with E-state index < -0.39 is 17.7 Å². The first-order valence-corrected chi connectivity index (χ1v) is 8.15. The molecule has 6 heteroatoms. The van der Waals surface area contributed by atoms with E-state index in [0.717, 1.165) is 24.6 Å². The van der Waals surface area contributed by atoms with Crippen LogP contribution in [-0.2, 0) is 11.2 Å². The Morgan fingerprint density at radius 1 is 1.20 bits per heavy atom. The van der Waals surface area contributed by atoms with Gasteiger partial charge in [-0.3, -0.25) is 4.79 Å². The van der Waals surface area contributed by atoms with Crippen LogP contribution in [0.5, 0.6) is 5.75 Å². The van der Waals surface area contributed by atoms with E-state index in [1.165, 1.54) is 12.1 Å². The fourth-order valence-corrected chi connectivity index (χ4v) is 2.84. The first kappa shape index (κ1) is 17.4. The number of nitrogens with zero attached hydrogens (tertiary/aromatic N) is 1. The Hall–Kier alpha value is -2.47. The largest absolute Gasteiger partial charge is 0.497 e. The first-order chi connectivity index (χ1) is 12.0. The second-order valence-corrected chi connectivity index (χ2v) is 6.23. The summed E-state index contributed by atoms with van der Waals surface area (Å²) >= 11 is 0. The molecule has 1 aliphatic carbocycles. The number of nitrogens with two attached hydrogens (primary N) is 1. The number of hydrogen-bond donors (Lipinski definition) is 1. The average molecular weight is 346 g/mol. The van der Waals surface area contributed by atoms with E-state index >= 15 is 0 Å². The van der Waals surface area contributed by atoms with Crippen molar-refractivity contribution in [3.8, 4) is 5.75 Å². The second-order valence-electron chi connectivity index (χ2n) is 6.23. The van der Waals surface area contributed by atoms with Crippen molar-refractivity contribution in [3.63, 3.8) is 0 Å². The van der Waals surface area contributed by atoms with E-state index in [0.29, 0.717) is 11.3 Å². The van der Waals surface area contributed by atoms with Crippen molar-refractivity contribution >= 4 is 11.6 Å². The minimum Gasteiger partial charge on any atom is -0.497 e. The van der Waals surface area contributed by atoms with Crippen molar-refractivity contribution in [2.75, 3.05) is 12.0 Å². The number of methoxy groups -OCH3 is 1. The van der Waals surface area contributed by atoms with E-state index in [1.54, 1.807) is 24.1 Å². The number of carbonyl (C=O) groups excluding carboxylic acids is 1. The molecule has 2 N–H and O–H groups in total. The normalized spacial score (nSPS) is 14.9. The number of carbonyl (C=O) groups is 1. The Kier molecular flexibility index (Phi) is 4.99. The number of ether oxygens (including phenoxy) is 1. The van der Waals surface area contributed by atoms with Gasteiger partial charge in [-0.05, 0) is 61.2 Å². The van der Waals surface area contributed by atoms with E-state index in [1.807, 2.05) is 12.1 Å². The summed E-state index contributed by atoms with van der Waals surface area (Å²) in [5, 5.41) is 0. The zero-order valence-electron chi connectivity index (χ0n) is 13.9. The lowest BCUT2D eigenvalue weighted by molar-refractivity contribution is -0.119. The van der Waals surface area contributed by atoms with Gasteiger partial charge in [-0.25, -0.2) is 8.78 Å². The molecule has 0 spiro atoms. The average Bonchev–Trinajstić information content (AvgIpc) is 3.39. The smallest absolute Gasteiger partial charge is 0.244 e. The number of rotatable bonds is 6. The van der Waals surface area contributed by atoms with Crippen molar-refractivity contribution in [1.82, 2.24) is 0 Å². The van der Waals surface area contributed by atoms with Crippen molar-refractivity contribution in [1.29, 1.82) is 0 Å². The predicted octanol–water partition coefficient (Wildman–Crippen LogP) is 3.04. The molecule has 2 aromatic carbocycles. The standard InChI is InChI=1S/C19H20F2N2O2/c1-25-17-6-4-16(5-7-17)23(15-2-3-15)19(24)18(22)10-12-8-13(20)11-14(21)9-12/h4-9,11,15,18H,2-3,10,22H2,1H3/t18-/m0/s1. The van der Waals surface area contributed by atoms with E-state index in [-0.39, 0.29) is 18.4 Å². The van der Waals surface area contributed by atoms with Crippen LogP contribution in [0.2, 0.25) is 0 Å². The van der Waals surface area contributed by atoms with Crippen LogP contribution in [0.4, 0.5) is 14.5 Å². The molecule has 0 aliphatic heterocycles. The van der Waals surface area contributed by atoms with Gasteiger partial charge in [0, 0.05) is 17.8 Å². The first-order valence-electron chi connectivity index (χ1n) is 8.15. The molecular weight excluding hydrogens is 326 g/mol. The molecule has 0 heterocycles. The highest BCUT2D eigenvalue weighted by Gasteiger charge is 2.36. The lowest BCUT2D eigenvalue weighted by atomic mass is 10.0. The number of hydrogen-bond acceptors (Lipinski definition) is 3. The van der Waals surface area contributed by atoms with Gasteiger partial charge >= 0.3 is 0 Å². The van der Waals surface area contributed by atoms with Crippen LogP contribution >= 0.6 is 0 Å². The summed E-state index contributed by atoms with van der Waals surface area (Å²) in [7, 11) is 1.58. The topological polar surface area (TPSA) is 55.6 Å². The summed E-state index contributed by atoms with van der Waals surface area (Å²) in [5.41, 5.74) is 7.16. The zero-order valence-corrected chi connectivity index (χ0v) is 13.9. The molecule has 1 atom stereocenters. The van der Waals surface area contributed by atoms with Gasteiger partial charge in [-0.15, -0.1) is 0 Å². The molecule has 2 aromatic rings. The molecule has 0 saturated heterocycles. The Morgan fingerprint density at radius 3 is 2.32 bits per heavy atom. The lowest BCUT2D eigenvalue weighted by Gasteiger charge is -2.26. The molecule has 1 fully saturated rings. The molecule has 3 rings (SSSR count). The predicted molar refractivity (Wildman–Crippen MR) is 91.5 cm³/mol. The molecule has 0 bridgehead atoms. The van der Waals surface area contributed by atoms with Gasteiger partial charge < -0.3 is 15.4 Å². The summed E-state index contributed by atoms with van der Waals surface area (Å²) < 4.78 is 31.8. The highest BCUT2D eigenvalue weighted by atomic mass is 19.1. The number of anilines is 1. The van der Waals surface area contributed by atoms with Crippen LogP contribution in [0.15, 0.2) is 42.5 Å². The monoisotopic (exact) mass is 346 g/mol. The van der Waals surface area contributed by atoms with Crippen LogP contribution in [0.3, 0.4) is 0 Å². The Labute approximate surface area is 145 Å². The molecule has 1 amide bonds. The van der Waals surface area contributed by atoms with Gasteiger partial charge in [-0.1, -0.05) is 0 Å². The number of benzene rings is 2. The molecule has 4 nitrogen and oxygen atoms in total. The zero-order chi connectivity index (χ0) is 18.0. The molecule has 132 valence electrons. The SMILES string of the molecule is COc1ccc(N(C(=O)[C@@H](N)Cc2cc(F)cc(F)c2)C2CC2)cc1. The molecule has 0 aromatic heterocycles. The summed E-state index contributed by atoms with van der Waals surface area (Å²) in [6, 6.07) is 9.63. The summed E-state index contributed by atoms with van der Waals surface area (Å²) in [6.45, 7) is 0. The Morgan fingerprint density at radius 2 is 1.80 bits per heavy atom. The van der Waals surface area contributed by atoms with E-state index in [2.05, 4.69) is 0 Å². The third kappa shape index (κ3) is 4.14. The van der Waals surface area contributed by atoms with E-state index in [9.17, 15) is 13.6 Å². The molecule has 25 heavy (non-hydrogen) atoms. The minimum atomic E-state index is -0.871. The van der Waals surface area contributed by atoms with Gasteiger partial charge in [0.25, 0.3) is 0 Å². The maximum atomic E-state index is 13.3. The van der Waals surface area contributed by atoms with Crippen molar-refractivity contribution in [3.05, 3.63) is 59.7 Å². The van der Waals surface area contributed by atoms with Crippen molar-refractivity contribution < 1.29 is 18.3 Å². The van der Waals surface area contributed by atoms with Crippen LogP contribution in [0.1, 0.15) is 18.4 Å². The fraction of sp³-hybridized carbons (Fsp3) is 0.316.